The van der Waals surface area contributed by atoms with Crippen LogP contribution in [0.15, 0.2) is 30.3 Å². The molecule has 5 nitrogen and oxygen atoms in total. The van der Waals surface area contributed by atoms with E-state index in [0.29, 0.717) is 18.4 Å². The maximum Gasteiger partial charge on any atom is 0.241 e. The maximum atomic E-state index is 11.9. The summed E-state index contributed by atoms with van der Waals surface area (Å²) in [5, 5.41) is 2.18. The van der Waals surface area contributed by atoms with Crippen molar-refractivity contribution in [3.8, 4) is 0 Å². The average molecular weight is 282 g/mol. The minimum atomic E-state index is -3.03. The van der Waals surface area contributed by atoms with Gasteiger partial charge in [-0.15, -0.1) is 0 Å². The van der Waals surface area contributed by atoms with E-state index in [1.54, 1.807) is 12.1 Å². The third kappa shape index (κ3) is 3.33. The SMILES string of the molecule is NC(C(=O)NCC1CCCS1(=O)=O)c1ccccc1. The minimum Gasteiger partial charge on any atom is -0.353 e. The van der Waals surface area contributed by atoms with E-state index in [1.165, 1.54) is 0 Å². The van der Waals surface area contributed by atoms with Crippen LogP contribution < -0.4 is 11.1 Å². The Bertz CT molecular complexity index is 542. The number of benzene rings is 1. The van der Waals surface area contributed by atoms with Crippen LogP contribution in [0.5, 0.6) is 0 Å². The van der Waals surface area contributed by atoms with Gasteiger partial charge in [-0.2, -0.15) is 0 Å². The molecule has 104 valence electrons. The molecule has 19 heavy (non-hydrogen) atoms. The molecular formula is C13H18N2O3S. The van der Waals surface area contributed by atoms with Crippen molar-refractivity contribution in [3.05, 3.63) is 35.9 Å². The van der Waals surface area contributed by atoms with E-state index >= 15 is 0 Å². The zero-order valence-corrected chi connectivity index (χ0v) is 11.4. The van der Waals surface area contributed by atoms with Crippen LogP contribution >= 0.6 is 0 Å². The number of nitrogens with two attached hydrogens (primary N) is 1. The van der Waals surface area contributed by atoms with Crippen molar-refractivity contribution in [2.45, 2.75) is 24.1 Å². The van der Waals surface area contributed by atoms with Gasteiger partial charge in [0.25, 0.3) is 0 Å². The summed E-state index contributed by atoms with van der Waals surface area (Å²) in [5.41, 5.74) is 6.55. The van der Waals surface area contributed by atoms with Crippen molar-refractivity contribution in [1.82, 2.24) is 5.32 Å². The van der Waals surface area contributed by atoms with Crippen molar-refractivity contribution in [2.24, 2.45) is 5.73 Å². The van der Waals surface area contributed by atoms with Crippen molar-refractivity contribution >= 4 is 15.7 Å². The summed E-state index contributed by atoms with van der Waals surface area (Å²) < 4.78 is 23.3. The second-order valence-corrected chi connectivity index (χ2v) is 7.17. The standard InChI is InChI=1S/C13H18N2O3S/c14-12(10-5-2-1-3-6-10)13(16)15-9-11-7-4-8-19(11,17)18/h1-3,5-6,11-12H,4,7-9,14H2,(H,15,16). The summed E-state index contributed by atoms with van der Waals surface area (Å²) in [7, 11) is -3.03. The molecule has 1 aromatic carbocycles. The molecule has 1 fully saturated rings. The van der Waals surface area contributed by atoms with Gasteiger partial charge in [0.2, 0.25) is 5.91 Å². The Kier molecular flexibility index (Phi) is 4.21. The number of carbonyl (C=O) groups excluding carboxylic acids is 1. The zero-order valence-electron chi connectivity index (χ0n) is 10.6. The summed E-state index contributed by atoms with van der Waals surface area (Å²) in [6.07, 6.45) is 1.29. The molecule has 0 radical (unpaired) electrons. The Hall–Kier alpha value is -1.40. The number of sulfone groups is 1. The molecule has 6 heteroatoms. The molecule has 1 amide bonds. The summed E-state index contributed by atoms with van der Waals surface area (Å²) in [4.78, 5) is 11.9. The molecule has 1 heterocycles. The van der Waals surface area contributed by atoms with Gasteiger partial charge < -0.3 is 11.1 Å². The number of carbonyl (C=O) groups is 1. The first-order valence-corrected chi connectivity index (χ1v) is 8.02. The van der Waals surface area contributed by atoms with Crippen LogP contribution in [0, 0.1) is 0 Å². The first kappa shape index (κ1) is 14.0. The third-order valence-corrected chi connectivity index (χ3v) is 5.68. The predicted octanol–water partition coefficient (Wildman–Crippen LogP) is 0.380. The number of hydrogen-bond donors (Lipinski definition) is 2. The van der Waals surface area contributed by atoms with Gasteiger partial charge in [0, 0.05) is 6.54 Å². The quantitative estimate of drug-likeness (QED) is 0.835. The van der Waals surface area contributed by atoms with Gasteiger partial charge in [0.05, 0.1) is 11.0 Å². The Labute approximate surface area is 113 Å². The highest BCUT2D eigenvalue weighted by atomic mass is 32.2. The van der Waals surface area contributed by atoms with Crippen LogP contribution in [0.3, 0.4) is 0 Å². The Morgan fingerprint density at radius 1 is 1.37 bits per heavy atom. The van der Waals surface area contributed by atoms with Crippen LogP contribution in [0.2, 0.25) is 0 Å². The molecule has 0 aliphatic carbocycles. The lowest BCUT2D eigenvalue weighted by molar-refractivity contribution is -0.122. The highest BCUT2D eigenvalue weighted by molar-refractivity contribution is 7.92. The third-order valence-electron chi connectivity index (χ3n) is 3.41. The molecule has 0 spiro atoms. The molecule has 3 N–H and O–H groups in total. The first-order valence-electron chi connectivity index (χ1n) is 6.30. The van der Waals surface area contributed by atoms with Crippen LogP contribution in [-0.2, 0) is 14.6 Å². The van der Waals surface area contributed by atoms with Gasteiger partial charge in [-0.05, 0) is 18.4 Å². The lowest BCUT2D eigenvalue weighted by Gasteiger charge is -2.15. The highest BCUT2D eigenvalue weighted by Crippen LogP contribution is 2.19. The first-order chi connectivity index (χ1) is 9.00. The number of rotatable bonds is 4. The van der Waals surface area contributed by atoms with Crippen LogP contribution in [-0.4, -0.2) is 31.9 Å². The van der Waals surface area contributed by atoms with Gasteiger partial charge in [-0.1, -0.05) is 30.3 Å². The lowest BCUT2D eigenvalue weighted by atomic mass is 10.1. The van der Waals surface area contributed by atoms with Gasteiger partial charge in [0.15, 0.2) is 9.84 Å². The lowest BCUT2D eigenvalue weighted by Crippen LogP contribution is -2.39. The average Bonchev–Trinajstić information content (AvgIpc) is 2.75. The summed E-state index contributed by atoms with van der Waals surface area (Å²) in [6.45, 7) is 0.154. The maximum absolute atomic E-state index is 11.9. The van der Waals surface area contributed by atoms with E-state index in [9.17, 15) is 13.2 Å². The fraction of sp³-hybridized carbons (Fsp3) is 0.462. The Morgan fingerprint density at radius 2 is 2.05 bits per heavy atom. The van der Waals surface area contributed by atoms with Gasteiger partial charge in [-0.25, -0.2) is 8.42 Å². The van der Waals surface area contributed by atoms with E-state index in [2.05, 4.69) is 5.32 Å². The zero-order chi connectivity index (χ0) is 13.9. The normalized spacial score (nSPS) is 22.9. The molecular weight excluding hydrogens is 264 g/mol. The minimum absolute atomic E-state index is 0.154. The van der Waals surface area contributed by atoms with Crippen molar-refractivity contribution in [1.29, 1.82) is 0 Å². The highest BCUT2D eigenvalue weighted by Gasteiger charge is 2.31. The largest absolute Gasteiger partial charge is 0.353 e. The predicted molar refractivity (Wildman–Crippen MR) is 73.2 cm³/mol. The van der Waals surface area contributed by atoms with Crippen LogP contribution in [0.4, 0.5) is 0 Å². The number of nitrogens with one attached hydrogen (secondary N) is 1. The van der Waals surface area contributed by atoms with Crippen molar-refractivity contribution in [3.63, 3.8) is 0 Å². The fourth-order valence-electron chi connectivity index (χ4n) is 2.22. The summed E-state index contributed by atoms with van der Waals surface area (Å²) in [6, 6.07) is 8.26. The number of hydrogen-bond acceptors (Lipinski definition) is 4. The fourth-order valence-corrected chi connectivity index (χ4v) is 3.99. The molecule has 1 saturated heterocycles. The molecule has 1 aliphatic rings. The van der Waals surface area contributed by atoms with E-state index < -0.39 is 21.1 Å². The van der Waals surface area contributed by atoms with E-state index in [4.69, 9.17) is 5.73 Å². The molecule has 2 rings (SSSR count). The van der Waals surface area contributed by atoms with E-state index in [0.717, 1.165) is 0 Å². The van der Waals surface area contributed by atoms with Crippen molar-refractivity contribution < 1.29 is 13.2 Å². The molecule has 0 saturated carbocycles. The number of amides is 1. The molecule has 0 aromatic heterocycles. The van der Waals surface area contributed by atoms with E-state index in [-0.39, 0.29) is 18.2 Å². The second kappa shape index (κ2) is 5.71. The van der Waals surface area contributed by atoms with Gasteiger partial charge in [0.1, 0.15) is 6.04 Å². The summed E-state index contributed by atoms with van der Waals surface area (Å²) in [5.74, 6) is -0.119. The monoisotopic (exact) mass is 282 g/mol. The molecule has 2 unspecified atom stereocenters. The molecule has 1 aromatic rings. The van der Waals surface area contributed by atoms with Gasteiger partial charge >= 0.3 is 0 Å². The van der Waals surface area contributed by atoms with Crippen LogP contribution in [0.25, 0.3) is 0 Å². The molecule has 1 aliphatic heterocycles. The van der Waals surface area contributed by atoms with Crippen LogP contribution in [0.1, 0.15) is 24.4 Å². The van der Waals surface area contributed by atoms with E-state index in [1.807, 2.05) is 18.2 Å². The van der Waals surface area contributed by atoms with Gasteiger partial charge in [-0.3, -0.25) is 4.79 Å². The second-order valence-electron chi connectivity index (χ2n) is 4.76. The molecule has 2 atom stereocenters. The smallest absolute Gasteiger partial charge is 0.241 e. The molecule has 0 bridgehead atoms. The summed E-state index contributed by atoms with van der Waals surface area (Å²) >= 11 is 0. The topological polar surface area (TPSA) is 89.3 Å². The van der Waals surface area contributed by atoms with Crippen molar-refractivity contribution in [2.75, 3.05) is 12.3 Å². The Balaban J connectivity index is 1.92. The Morgan fingerprint density at radius 3 is 2.63 bits per heavy atom.